The molecule has 2 aromatic heterocycles. The summed E-state index contributed by atoms with van der Waals surface area (Å²) in [5.74, 6) is 0.212. The largest absolute Gasteiger partial charge is 0.370 e. The fourth-order valence-electron chi connectivity index (χ4n) is 4.57. The molecule has 3 heterocycles. The van der Waals surface area contributed by atoms with Crippen LogP contribution in [0.3, 0.4) is 0 Å². The van der Waals surface area contributed by atoms with E-state index in [1.54, 1.807) is 23.1 Å². The standard InChI is InChI=1S/C23H24FN5O/c1-15-6-16(7-18(30)8-17-11-27-28(2)13-17)14-29(12-15)22-9-21(24)20(10-25)23-19(22)4-3-5-26-23/h3-5,9,11,13,15-16H,6-8,12,14H2,1-2H3/t15-,16-/m0/s1. The molecule has 2 atom stereocenters. The zero-order chi connectivity index (χ0) is 21.3. The number of aryl methyl sites for hydroxylation is 1. The lowest BCUT2D eigenvalue weighted by atomic mass is 9.85. The zero-order valence-corrected chi connectivity index (χ0v) is 17.2. The van der Waals surface area contributed by atoms with Gasteiger partial charge in [0.1, 0.15) is 23.2 Å². The van der Waals surface area contributed by atoms with E-state index in [0.717, 1.165) is 29.6 Å². The van der Waals surface area contributed by atoms with Crippen LogP contribution >= 0.6 is 0 Å². The number of nitrogens with zero attached hydrogens (tertiary/aromatic N) is 5. The van der Waals surface area contributed by atoms with Gasteiger partial charge < -0.3 is 4.90 Å². The first-order chi connectivity index (χ1) is 14.4. The molecule has 1 fully saturated rings. The Hall–Kier alpha value is -3.27. The second-order valence-electron chi connectivity index (χ2n) is 8.32. The molecule has 154 valence electrons. The highest BCUT2D eigenvalue weighted by Gasteiger charge is 2.28. The van der Waals surface area contributed by atoms with Gasteiger partial charge in [0, 0.05) is 56.4 Å². The highest BCUT2D eigenvalue weighted by atomic mass is 19.1. The molecule has 4 rings (SSSR count). The van der Waals surface area contributed by atoms with Crippen LogP contribution in [0, 0.1) is 29.0 Å². The van der Waals surface area contributed by atoms with Crippen molar-refractivity contribution in [1.82, 2.24) is 14.8 Å². The van der Waals surface area contributed by atoms with Crippen LogP contribution in [0.2, 0.25) is 0 Å². The van der Waals surface area contributed by atoms with Crippen molar-refractivity contribution in [3.05, 3.63) is 53.7 Å². The highest BCUT2D eigenvalue weighted by molar-refractivity contribution is 5.95. The first kappa shape index (κ1) is 20.0. The number of carbonyl (C=O) groups excluding carboxylic acids is 1. The van der Waals surface area contributed by atoms with Crippen LogP contribution in [0.5, 0.6) is 0 Å². The second-order valence-corrected chi connectivity index (χ2v) is 8.32. The Morgan fingerprint density at radius 3 is 2.97 bits per heavy atom. The highest BCUT2D eigenvalue weighted by Crippen LogP contribution is 2.35. The molecule has 0 spiro atoms. The molecule has 1 aliphatic rings. The minimum Gasteiger partial charge on any atom is -0.370 e. The van der Waals surface area contributed by atoms with E-state index in [1.807, 2.05) is 25.4 Å². The predicted molar refractivity (Wildman–Crippen MR) is 112 cm³/mol. The maximum atomic E-state index is 14.6. The fraction of sp³-hybridized carbons (Fsp3) is 0.391. The van der Waals surface area contributed by atoms with Gasteiger partial charge in [-0.15, -0.1) is 0 Å². The van der Waals surface area contributed by atoms with Gasteiger partial charge in [0.15, 0.2) is 0 Å². The lowest BCUT2D eigenvalue weighted by molar-refractivity contribution is -0.119. The topological polar surface area (TPSA) is 74.8 Å². The summed E-state index contributed by atoms with van der Waals surface area (Å²) in [6, 6.07) is 7.04. The van der Waals surface area contributed by atoms with Gasteiger partial charge in [0.25, 0.3) is 0 Å². The van der Waals surface area contributed by atoms with Crippen LogP contribution < -0.4 is 4.90 Å². The molecule has 30 heavy (non-hydrogen) atoms. The average molecular weight is 405 g/mol. The predicted octanol–water partition coefficient (Wildman–Crippen LogP) is 3.64. The Labute approximate surface area is 174 Å². The van der Waals surface area contributed by atoms with E-state index in [0.29, 0.717) is 30.8 Å². The Bertz CT molecular complexity index is 1130. The number of nitriles is 1. The summed E-state index contributed by atoms with van der Waals surface area (Å²) >= 11 is 0. The van der Waals surface area contributed by atoms with Crippen LogP contribution in [0.25, 0.3) is 10.9 Å². The van der Waals surface area contributed by atoms with E-state index < -0.39 is 5.82 Å². The van der Waals surface area contributed by atoms with Crippen LogP contribution in [0.1, 0.15) is 30.9 Å². The quantitative estimate of drug-likeness (QED) is 0.648. The summed E-state index contributed by atoms with van der Waals surface area (Å²) in [7, 11) is 1.84. The van der Waals surface area contributed by atoms with Crippen molar-refractivity contribution in [3.8, 4) is 6.07 Å². The number of fused-ring (bicyclic) bond motifs is 1. The third kappa shape index (κ3) is 4.04. The van der Waals surface area contributed by atoms with Crippen molar-refractivity contribution in [1.29, 1.82) is 5.26 Å². The number of benzene rings is 1. The number of anilines is 1. The van der Waals surface area contributed by atoms with Gasteiger partial charge in [-0.1, -0.05) is 6.92 Å². The van der Waals surface area contributed by atoms with Crippen molar-refractivity contribution in [2.75, 3.05) is 18.0 Å². The summed E-state index contributed by atoms with van der Waals surface area (Å²) in [6.07, 6.45) is 7.01. The Balaban J connectivity index is 1.57. The minimum absolute atomic E-state index is 0.0254. The van der Waals surface area contributed by atoms with Crippen molar-refractivity contribution in [3.63, 3.8) is 0 Å². The van der Waals surface area contributed by atoms with Gasteiger partial charge >= 0.3 is 0 Å². The first-order valence-corrected chi connectivity index (χ1v) is 10.2. The number of Topliss-reactive ketones (excluding diaryl/α,β-unsaturated/α-hetero) is 1. The number of aromatic nitrogens is 3. The van der Waals surface area contributed by atoms with Gasteiger partial charge in [-0.2, -0.15) is 10.4 Å². The average Bonchev–Trinajstić information content (AvgIpc) is 3.11. The van der Waals surface area contributed by atoms with Crippen molar-refractivity contribution >= 4 is 22.4 Å². The molecule has 1 aromatic carbocycles. The smallest absolute Gasteiger partial charge is 0.145 e. The number of piperidine rings is 1. The third-order valence-corrected chi connectivity index (χ3v) is 5.70. The van der Waals surface area contributed by atoms with Crippen LogP contribution in [-0.4, -0.2) is 33.6 Å². The molecule has 0 amide bonds. The molecule has 0 bridgehead atoms. The van der Waals surface area contributed by atoms with Gasteiger partial charge in [-0.05, 0) is 42.0 Å². The zero-order valence-electron chi connectivity index (χ0n) is 17.2. The van der Waals surface area contributed by atoms with Crippen molar-refractivity contribution in [2.24, 2.45) is 18.9 Å². The number of pyridine rings is 1. The molecule has 0 N–H and O–H groups in total. The first-order valence-electron chi connectivity index (χ1n) is 10.2. The van der Waals surface area contributed by atoms with E-state index in [4.69, 9.17) is 0 Å². The Morgan fingerprint density at radius 2 is 2.23 bits per heavy atom. The van der Waals surface area contributed by atoms with Crippen molar-refractivity contribution < 1.29 is 9.18 Å². The third-order valence-electron chi connectivity index (χ3n) is 5.70. The summed E-state index contributed by atoms with van der Waals surface area (Å²) in [4.78, 5) is 19.0. The van der Waals surface area contributed by atoms with E-state index in [-0.39, 0.29) is 17.3 Å². The van der Waals surface area contributed by atoms with Gasteiger partial charge in [0.2, 0.25) is 0 Å². The maximum Gasteiger partial charge on any atom is 0.145 e. The SMILES string of the molecule is C[C@H]1C[C@@H](CC(=O)Cc2cnn(C)c2)CN(c2cc(F)c(C#N)c3ncccc23)C1. The number of hydrogen-bond donors (Lipinski definition) is 0. The molecule has 1 aliphatic heterocycles. The normalized spacial score (nSPS) is 19.1. The van der Waals surface area contributed by atoms with Crippen LogP contribution in [0.15, 0.2) is 36.8 Å². The van der Waals surface area contributed by atoms with E-state index in [9.17, 15) is 14.4 Å². The number of ketones is 1. The Kier molecular flexibility index (Phi) is 5.49. The van der Waals surface area contributed by atoms with E-state index in [1.165, 1.54) is 6.07 Å². The molecule has 7 heteroatoms. The molecule has 6 nitrogen and oxygen atoms in total. The molecule has 0 radical (unpaired) electrons. The number of carbonyl (C=O) groups is 1. The van der Waals surface area contributed by atoms with Gasteiger partial charge in [-0.25, -0.2) is 4.39 Å². The number of hydrogen-bond acceptors (Lipinski definition) is 5. The van der Waals surface area contributed by atoms with Crippen LogP contribution in [0.4, 0.5) is 10.1 Å². The molecule has 0 unspecified atom stereocenters. The van der Waals surface area contributed by atoms with E-state index in [2.05, 4.69) is 21.9 Å². The van der Waals surface area contributed by atoms with Gasteiger partial charge in [0.05, 0.1) is 11.7 Å². The second kappa shape index (κ2) is 8.23. The minimum atomic E-state index is -0.555. The molecule has 1 saturated heterocycles. The van der Waals surface area contributed by atoms with Crippen molar-refractivity contribution in [2.45, 2.75) is 26.2 Å². The summed E-state index contributed by atoms with van der Waals surface area (Å²) in [5.41, 5.74) is 2.03. The molecular weight excluding hydrogens is 381 g/mol. The molecule has 0 aliphatic carbocycles. The summed E-state index contributed by atoms with van der Waals surface area (Å²) in [5, 5.41) is 14.2. The molecule has 3 aromatic rings. The lowest BCUT2D eigenvalue weighted by Gasteiger charge is -2.38. The number of halogens is 1. The Morgan fingerprint density at radius 1 is 1.40 bits per heavy atom. The summed E-state index contributed by atoms with van der Waals surface area (Å²) < 4.78 is 16.3. The number of rotatable bonds is 5. The van der Waals surface area contributed by atoms with Crippen LogP contribution in [-0.2, 0) is 18.3 Å². The molecule has 0 saturated carbocycles. The lowest BCUT2D eigenvalue weighted by Crippen LogP contribution is -2.40. The van der Waals surface area contributed by atoms with E-state index >= 15 is 0 Å². The maximum absolute atomic E-state index is 14.6. The molecular formula is C23H24FN5O. The van der Waals surface area contributed by atoms with Gasteiger partial charge in [-0.3, -0.25) is 14.5 Å². The fourth-order valence-corrected chi connectivity index (χ4v) is 4.57. The summed E-state index contributed by atoms with van der Waals surface area (Å²) in [6.45, 7) is 3.62. The monoisotopic (exact) mass is 405 g/mol.